The van der Waals surface area contributed by atoms with E-state index in [1.807, 2.05) is 12.3 Å². The van der Waals surface area contributed by atoms with Crippen molar-refractivity contribution in [3.8, 4) is 0 Å². The summed E-state index contributed by atoms with van der Waals surface area (Å²) in [5, 5.41) is 0.774. The van der Waals surface area contributed by atoms with Crippen LogP contribution in [0.2, 0.25) is 5.02 Å². The van der Waals surface area contributed by atoms with Gasteiger partial charge in [0.2, 0.25) is 0 Å². The lowest BCUT2D eigenvalue weighted by Gasteiger charge is -2.45. The summed E-state index contributed by atoms with van der Waals surface area (Å²) in [6.45, 7) is 1.11. The summed E-state index contributed by atoms with van der Waals surface area (Å²) in [4.78, 5) is 7.00. The molecule has 0 radical (unpaired) electrons. The second-order valence-corrected chi connectivity index (χ2v) is 6.73. The number of nitrogens with zero attached hydrogens (tertiary/aromatic N) is 2. The average molecular weight is 330 g/mol. The Bertz CT molecular complexity index is 436. The molecule has 0 bridgehead atoms. The molecule has 1 aromatic heterocycles. The first-order chi connectivity index (χ1) is 8.75. The van der Waals surface area contributed by atoms with Gasteiger partial charge in [-0.15, -0.1) is 0 Å². The van der Waals surface area contributed by atoms with Gasteiger partial charge in [-0.25, -0.2) is 4.98 Å². The molecular weight excluding hydrogens is 312 g/mol. The fraction of sp³-hybridized carbons (Fsp3) is 0.643. The normalized spacial score (nSPS) is 28.0. The predicted molar refractivity (Wildman–Crippen MR) is 79.3 cm³/mol. The Balaban J connectivity index is 1.89. The van der Waals surface area contributed by atoms with Crippen molar-refractivity contribution in [2.75, 3.05) is 11.4 Å². The molecule has 0 spiro atoms. The molecular formula is C14H18BrClN2. The van der Waals surface area contributed by atoms with E-state index in [4.69, 9.17) is 11.6 Å². The molecule has 1 aromatic rings. The minimum atomic E-state index is 0.665. The van der Waals surface area contributed by atoms with Gasteiger partial charge in [-0.2, -0.15) is 0 Å². The van der Waals surface area contributed by atoms with E-state index in [0.29, 0.717) is 6.04 Å². The van der Waals surface area contributed by atoms with Gasteiger partial charge >= 0.3 is 0 Å². The molecule has 2 atom stereocenters. The average Bonchev–Trinajstić information content (AvgIpc) is 2.38. The standard InChI is InChI=1S/C14H18BrClN2/c15-11-8-12(16)14(17-9-11)18-7-3-5-10-4-1-2-6-13(10)18/h8-10,13H,1-7H2/t10-,13-/m1/s1. The summed E-state index contributed by atoms with van der Waals surface area (Å²) in [7, 11) is 0. The van der Waals surface area contributed by atoms with Gasteiger partial charge in [0.1, 0.15) is 5.82 Å². The second kappa shape index (κ2) is 5.38. The minimum Gasteiger partial charge on any atom is -0.352 e. The van der Waals surface area contributed by atoms with Crippen LogP contribution in [-0.4, -0.2) is 17.6 Å². The summed E-state index contributed by atoms with van der Waals surface area (Å²) < 4.78 is 0.952. The van der Waals surface area contributed by atoms with E-state index < -0.39 is 0 Å². The van der Waals surface area contributed by atoms with Gasteiger partial charge in [-0.1, -0.05) is 24.4 Å². The molecule has 1 saturated heterocycles. The Morgan fingerprint density at radius 2 is 2.00 bits per heavy atom. The zero-order valence-electron chi connectivity index (χ0n) is 10.4. The molecule has 0 unspecified atom stereocenters. The van der Waals surface area contributed by atoms with Crippen LogP contribution >= 0.6 is 27.5 Å². The second-order valence-electron chi connectivity index (χ2n) is 5.41. The lowest BCUT2D eigenvalue weighted by Crippen LogP contribution is -2.47. The third-order valence-corrected chi connectivity index (χ3v) is 5.02. The molecule has 1 aliphatic heterocycles. The Morgan fingerprint density at radius 1 is 1.22 bits per heavy atom. The zero-order valence-corrected chi connectivity index (χ0v) is 12.8. The summed E-state index contributed by atoms with van der Waals surface area (Å²) in [5.41, 5.74) is 0. The van der Waals surface area contributed by atoms with Crippen molar-refractivity contribution in [2.45, 2.75) is 44.6 Å². The first kappa shape index (κ1) is 12.7. The number of hydrogen-bond donors (Lipinski definition) is 0. The van der Waals surface area contributed by atoms with Crippen LogP contribution < -0.4 is 4.90 Å². The number of anilines is 1. The van der Waals surface area contributed by atoms with Crippen LogP contribution in [0.4, 0.5) is 5.82 Å². The summed E-state index contributed by atoms with van der Waals surface area (Å²) >= 11 is 9.78. The van der Waals surface area contributed by atoms with Crippen LogP contribution in [0.1, 0.15) is 38.5 Å². The predicted octanol–water partition coefficient (Wildman–Crippen LogP) is 4.66. The van der Waals surface area contributed by atoms with Crippen LogP contribution in [0.15, 0.2) is 16.7 Å². The number of rotatable bonds is 1. The zero-order chi connectivity index (χ0) is 12.5. The van der Waals surface area contributed by atoms with Gasteiger partial charge in [0, 0.05) is 23.3 Å². The molecule has 18 heavy (non-hydrogen) atoms. The van der Waals surface area contributed by atoms with Crippen molar-refractivity contribution in [1.82, 2.24) is 4.98 Å². The van der Waals surface area contributed by atoms with Crippen LogP contribution in [0.25, 0.3) is 0 Å². The van der Waals surface area contributed by atoms with Crippen molar-refractivity contribution in [3.63, 3.8) is 0 Å². The molecule has 98 valence electrons. The lowest BCUT2D eigenvalue weighted by molar-refractivity contribution is 0.243. The Hall–Kier alpha value is -0.280. The number of aromatic nitrogens is 1. The van der Waals surface area contributed by atoms with Crippen LogP contribution in [0.5, 0.6) is 0 Å². The van der Waals surface area contributed by atoms with E-state index in [2.05, 4.69) is 25.8 Å². The summed E-state index contributed by atoms with van der Waals surface area (Å²) in [6.07, 6.45) is 9.95. The van der Waals surface area contributed by atoms with Crippen molar-refractivity contribution >= 4 is 33.3 Å². The first-order valence-corrected chi connectivity index (χ1v) is 8.00. The molecule has 2 fully saturated rings. The van der Waals surface area contributed by atoms with Gasteiger partial charge in [-0.3, -0.25) is 0 Å². The Labute approximate surface area is 122 Å². The number of pyridine rings is 1. The van der Waals surface area contributed by atoms with E-state index >= 15 is 0 Å². The SMILES string of the molecule is Clc1cc(Br)cnc1N1CCC[C@H]2CCCC[C@H]21. The van der Waals surface area contributed by atoms with E-state index in [-0.39, 0.29) is 0 Å². The Morgan fingerprint density at radius 3 is 2.83 bits per heavy atom. The molecule has 4 heteroatoms. The van der Waals surface area contributed by atoms with Gasteiger partial charge in [0.25, 0.3) is 0 Å². The third-order valence-electron chi connectivity index (χ3n) is 4.30. The van der Waals surface area contributed by atoms with Crippen molar-refractivity contribution in [3.05, 3.63) is 21.8 Å². The number of hydrogen-bond acceptors (Lipinski definition) is 2. The number of piperidine rings is 1. The molecule has 1 aliphatic carbocycles. The third kappa shape index (κ3) is 2.39. The van der Waals surface area contributed by atoms with E-state index in [1.54, 1.807) is 0 Å². The highest BCUT2D eigenvalue weighted by Crippen LogP contribution is 2.39. The molecule has 0 aromatic carbocycles. The molecule has 2 aliphatic rings. The van der Waals surface area contributed by atoms with Crippen molar-refractivity contribution < 1.29 is 0 Å². The largest absolute Gasteiger partial charge is 0.352 e. The number of fused-ring (bicyclic) bond motifs is 1. The van der Waals surface area contributed by atoms with Gasteiger partial charge < -0.3 is 4.90 Å². The maximum Gasteiger partial charge on any atom is 0.147 e. The Kier molecular flexibility index (Phi) is 3.81. The van der Waals surface area contributed by atoms with Crippen LogP contribution in [0.3, 0.4) is 0 Å². The van der Waals surface area contributed by atoms with E-state index in [1.165, 1.54) is 38.5 Å². The molecule has 3 rings (SSSR count). The quantitative estimate of drug-likeness (QED) is 0.745. The maximum atomic E-state index is 6.36. The maximum absolute atomic E-state index is 6.36. The molecule has 1 saturated carbocycles. The topological polar surface area (TPSA) is 16.1 Å². The monoisotopic (exact) mass is 328 g/mol. The van der Waals surface area contributed by atoms with Crippen LogP contribution in [-0.2, 0) is 0 Å². The highest BCUT2D eigenvalue weighted by atomic mass is 79.9. The fourth-order valence-electron chi connectivity index (χ4n) is 3.51. The lowest BCUT2D eigenvalue weighted by atomic mass is 9.78. The van der Waals surface area contributed by atoms with E-state index in [0.717, 1.165) is 27.8 Å². The fourth-order valence-corrected chi connectivity index (χ4v) is 4.24. The molecule has 2 heterocycles. The van der Waals surface area contributed by atoms with Gasteiger partial charge in [-0.05, 0) is 53.6 Å². The van der Waals surface area contributed by atoms with Crippen LogP contribution in [0, 0.1) is 5.92 Å². The van der Waals surface area contributed by atoms with Crippen molar-refractivity contribution in [2.24, 2.45) is 5.92 Å². The minimum absolute atomic E-state index is 0.665. The molecule has 0 amide bonds. The van der Waals surface area contributed by atoms with Gasteiger partial charge in [0.15, 0.2) is 0 Å². The summed E-state index contributed by atoms with van der Waals surface area (Å²) in [6, 6.07) is 2.62. The van der Waals surface area contributed by atoms with Crippen molar-refractivity contribution in [1.29, 1.82) is 0 Å². The van der Waals surface area contributed by atoms with Gasteiger partial charge in [0.05, 0.1) is 5.02 Å². The molecule has 0 N–H and O–H groups in total. The molecule has 2 nitrogen and oxygen atoms in total. The number of halogens is 2. The highest BCUT2D eigenvalue weighted by Gasteiger charge is 2.34. The smallest absolute Gasteiger partial charge is 0.147 e. The first-order valence-electron chi connectivity index (χ1n) is 6.83. The highest BCUT2D eigenvalue weighted by molar-refractivity contribution is 9.10. The summed E-state index contributed by atoms with van der Waals surface area (Å²) in [5.74, 6) is 1.84. The van der Waals surface area contributed by atoms with E-state index in [9.17, 15) is 0 Å².